The van der Waals surface area contributed by atoms with Crippen molar-refractivity contribution >= 4 is 39.8 Å². The maximum Gasteiger partial charge on any atom is 0.247 e. The number of piperazine rings is 1. The third-order valence-corrected chi connectivity index (χ3v) is 6.40. The van der Waals surface area contributed by atoms with Gasteiger partial charge in [0.05, 0.1) is 24.0 Å². The Morgan fingerprint density at radius 1 is 1.08 bits per heavy atom. The first-order chi connectivity index (χ1) is 18.0. The Labute approximate surface area is 215 Å². The molecule has 1 amide bonds. The minimum Gasteiger partial charge on any atom is -0.494 e. The third kappa shape index (κ3) is 5.36. The lowest BCUT2D eigenvalue weighted by Gasteiger charge is -2.34. The summed E-state index contributed by atoms with van der Waals surface area (Å²) in [6, 6.07) is 15.5. The monoisotopic (exact) mass is 495 g/mol. The van der Waals surface area contributed by atoms with Crippen LogP contribution in [-0.2, 0) is 4.79 Å². The Kier molecular flexibility index (Phi) is 6.96. The molecule has 0 unspecified atom stereocenters. The van der Waals surface area contributed by atoms with Crippen molar-refractivity contribution in [2.75, 3.05) is 55.9 Å². The summed E-state index contributed by atoms with van der Waals surface area (Å²) in [7, 11) is 3.81. The van der Waals surface area contributed by atoms with Crippen molar-refractivity contribution in [3.05, 3.63) is 73.6 Å². The normalized spacial score (nSPS) is 13.8. The van der Waals surface area contributed by atoms with E-state index >= 15 is 0 Å². The molecule has 0 bridgehead atoms. The number of para-hydroxylation sites is 1. The predicted octanol–water partition coefficient (Wildman–Crippen LogP) is 4.32. The van der Waals surface area contributed by atoms with Gasteiger partial charge >= 0.3 is 0 Å². The van der Waals surface area contributed by atoms with E-state index in [1.54, 1.807) is 25.6 Å². The maximum atomic E-state index is 11.7. The fourth-order valence-corrected chi connectivity index (χ4v) is 4.34. The summed E-state index contributed by atoms with van der Waals surface area (Å²) in [5, 5.41) is 6.97. The average Bonchev–Trinajstić information content (AvgIpc) is 2.93. The highest BCUT2D eigenvalue weighted by Crippen LogP contribution is 2.33. The van der Waals surface area contributed by atoms with Gasteiger partial charge in [0.25, 0.3) is 0 Å². The van der Waals surface area contributed by atoms with Gasteiger partial charge in [-0.2, -0.15) is 0 Å². The van der Waals surface area contributed by atoms with Crippen LogP contribution in [0.5, 0.6) is 5.75 Å². The van der Waals surface area contributed by atoms with Crippen LogP contribution in [0, 0.1) is 0 Å². The molecule has 4 aromatic rings. The van der Waals surface area contributed by atoms with Crippen molar-refractivity contribution < 1.29 is 9.53 Å². The molecule has 2 aromatic carbocycles. The number of methoxy groups -OCH3 is 1. The number of hydrogen-bond donors (Lipinski definition) is 2. The molecule has 0 radical (unpaired) electrons. The van der Waals surface area contributed by atoms with Crippen LogP contribution in [0.4, 0.5) is 23.0 Å². The molecule has 1 aliphatic rings. The first-order valence-electron chi connectivity index (χ1n) is 12.1. The summed E-state index contributed by atoms with van der Waals surface area (Å²) in [5.74, 6) is 0.888. The van der Waals surface area contributed by atoms with Gasteiger partial charge in [-0.15, -0.1) is 0 Å². The molecule has 5 rings (SSSR count). The first-order valence-corrected chi connectivity index (χ1v) is 12.1. The van der Waals surface area contributed by atoms with Crippen LogP contribution >= 0.6 is 0 Å². The molecule has 188 valence electrons. The van der Waals surface area contributed by atoms with Crippen LogP contribution in [0.15, 0.2) is 73.6 Å². The number of rotatable bonds is 7. The highest BCUT2D eigenvalue weighted by atomic mass is 16.5. The van der Waals surface area contributed by atoms with Crippen LogP contribution in [0.1, 0.15) is 0 Å². The maximum absolute atomic E-state index is 11.7. The fourth-order valence-electron chi connectivity index (χ4n) is 4.34. The number of amides is 1. The zero-order chi connectivity index (χ0) is 25.8. The number of likely N-dealkylation sites (N-methyl/N-ethyl adjacent to an activating group) is 1. The van der Waals surface area contributed by atoms with Crippen molar-refractivity contribution in [2.24, 2.45) is 0 Å². The summed E-state index contributed by atoms with van der Waals surface area (Å²) in [5.41, 5.74) is 4.80. The number of carbonyl (C=O) groups excluding carboxylic acids is 1. The van der Waals surface area contributed by atoms with Crippen LogP contribution in [0.3, 0.4) is 0 Å². The molecule has 37 heavy (non-hydrogen) atoms. The number of benzene rings is 2. The Balaban J connectivity index is 1.44. The van der Waals surface area contributed by atoms with Crippen LogP contribution < -0.4 is 20.3 Å². The second kappa shape index (κ2) is 10.6. The highest BCUT2D eigenvalue weighted by molar-refractivity contribution is 5.99. The molecule has 0 aliphatic carbocycles. The standard InChI is InChI=1S/C28H29N7O2/c1-4-26(36)31-20-10-11-29-24(16-20)22-7-5-6-19-18-30-28(33-27(19)22)32-23-9-8-21(17-25(23)37-3)35-14-12-34(2)13-15-35/h4-11,16-18H,1,12-15H2,2-3H3,(H,29,31,36)(H,30,32,33). The molecule has 9 nitrogen and oxygen atoms in total. The van der Waals surface area contributed by atoms with Gasteiger partial charge in [-0.25, -0.2) is 9.97 Å². The van der Waals surface area contributed by atoms with Gasteiger partial charge in [0.15, 0.2) is 0 Å². The van der Waals surface area contributed by atoms with Gasteiger partial charge in [-0.1, -0.05) is 24.8 Å². The summed E-state index contributed by atoms with van der Waals surface area (Å²) in [4.78, 5) is 30.3. The number of fused-ring (bicyclic) bond motifs is 1. The second-order valence-electron chi connectivity index (χ2n) is 8.86. The number of nitrogens with one attached hydrogen (secondary N) is 2. The zero-order valence-electron chi connectivity index (χ0n) is 20.9. The van der Waals surface area contributed by atoms with Crippen LogP contribution in [-0.4, -0.2) is 66.1 Å². The minimum absolute atomic E-state index is 0.281. The lowest BCUT2D eigenvalue weighted by atomic mass is 10.1. The van der Waals surface area contributed by atoms with Crippen molar-refractivity contribution in [1.82, 2.24) is 19.9 Å². The number of pyridine rings is 1. The quantitative estimate of drug-likeness (QED) is 0.366. The van der Waals surface area contributed by atoms with E-state index in [1.165, 1.54) is 6.08 Å². The number of carbonyl (C=O) groups is 1. The van der Waals surface area contributed by atoms with Crippen molar-refractivity contribution in [2.45, 2.75) is 0 Å². The minimum atomic E-state index is -0.281. The smallest absolute Gasteiger partial charge is 0.247 e. The van der Waals surface area contributed by atoms with E-state index in [-0.39, 0.29) is 5.91 Å². The molecule has 0 saturated carbocycles. The van der Waals surface area contributed by atoms with Gasteiger partial charge in [-0.05, 0) is 37.4 Å². The number of anilines is 4. The van der Waals surface area contributed by atoms with E-state index in [0.717, 1.165) is 59.8 Å². The SMILES string of the molecule is C=CC(=O)Nc1ccnc(-c2cccc3cnc(Nc4ccc(N5CCN(C)CC5)cc4OC)nc23)c1. The van der Waals surface area contributed by atoms with Crippen molar-refractivity contribution in [1.29, 1.82) is 0 Å². The van der Waals surface area contributed by atoms with Gasteiger partial charge in [-0.3, -0.25) is 9.78 Å². The summed E-state index contributed by atoms with van der Waals surface area (Å²) in [6.07, 6.45) is 4.66. The highest BCUT2D eigenvalue weighted by Gasteiger charge is 2.17. The molecule has 0 spiro atoms. The lowest BCUT2D eigenvalue weighted by Crippen LogP contribution is -2.44. The summed E-state index contributed by atoms with van der Waals surface area (Å²) >= 11 is 0. The molecular weight excluding hydrogens is 466 g/mol. The Bertz CT molecular complexity index is 1450. The van der Waals surface area contributed by atoms with E-state index in [9.17, 15) is 4.79 Å². The molecule has 1 saturated heterocycles. The van der Waals surface area contributed by atoms with Crippen LogP contribution in [0.2, 0.25) is 0 Å². The predicted molar refractivity (Wildman–Crippen MR) is 148 cm³/mol. The number of aromatic nitrogens is 3. The average molecular weight is 496 g/mol. The largest absolute Gasteiger partial charge is 0.494 e. The van der Waals surface area contributed by atoms with Gasteiger partial charge in [0.2, 0.25) is 11.9 Å². The van der Waals surface area contributed by atoms with Crippen molar-refractivity contribution in [3.8, 4) is 17.0 Å². The second-order valence-corrected chi connectivity index (χ2v) is 8.86. The summed E-state index contributed by atoms with van der Waals surface area (Å²) in [6.45, 7) is 7.54. The molecule has 1 aliphatic heterocycles. The van der Waals surface area contributed by atoms with E-state index in [2.05, 4.69) is 50.1 Å². The zero-order valence-corrected chi connectivity index (χ0v) is 20.9. The molecule has 0 atom stereocenters. The number of ether oxygens (including phenoxy) is 1. The molecular formula is C28H29N7O2. The molecule has 2 aromatic heterocycles. The molecule has 9 heteroatoms. The Morgan fingerprint density at radius 2 is 1.92 bits per heavy atom. The summed E-state index contributed by atoms with van der Waals surface area (Å²) < 4.78 is 5.70. The van der Waals surface area contributed by atoms with E-state index in [4.69, 9.17) is 9.72 Å². The van der Waals surface area contributed by atoms with Crippen molar-refractivity contribution in [3.63, 3.8) is 0 Å². The van der Waals surface area contributed by atoms with E-state index in [1.807, 2.05) is 36.4 Å². The number of nitrogens with zero attached hydrogens (tertiary/aromatic N) is 5. The van der Waals surface area contributed by atoms with Gasteiger partial charge in [0, 0.05) is 67.0 Å². The molecule has 3 heterocycles. The van der Waals surface area contributed by atoms with E-state index < -0.39 is 0 Å². The van der Waals surface area contributed by atoms with Gasteiger partial charge < -0.3 is 25.2 Å². The Hall–Kier alpha value is -4.50. The Morgan fingerprint density at radius 3 is 2.70 bits per heavy atom. The lowest BCUT2D eigenvalue weighted by molar-refractivity contribution is -0.111. The fraction of sp³-hybridized carbons (Fsp3) is 0.214. The molecule has 2 N–H and O–H groups in total. The topological polar surface area (TPSA) is 95.5 Å². The first kappa shape index (κ1) is 24.2. The van der Waals surface area contributed by atoms with E-state index in [0.29, 0.717) is 17.3 Å². The number of hydrogen-bond acceptors (Lipinski definition) is 8. The molecule has 1 fully saturated rings. The third-order valence-electron chi connectivity index (χ3n) is 6.40. The van der Waals surface area contributed by atoms with Crippen LogP contribution in [0.25, 0.3) is 22.2 Å². The van der Waals surface area contributed by atoms with Gasteiger partial charge in [0.1, 0.15) is 5.75 Å².